The van der Waals surface area contributed by atoms with E-state index < -0.39 is 11.7 Å². The third kappa shape index (κ3) is 2.95. The van der Waals surface area contributed by atoms with E-state index in [0.29, 0.717) is 11.5 Å². The molecule has 4 rings (SSSR count). The summed E-state index contributed by atoms with van der Waals surface area (Å²) >= 11 is 0. The summed E-state index contributed by atoms with van der Waals surface area (Å²) in [5.41, 5.74) is 0.569. The molecule has 0 aliphatic heterocycles. The number of halogens is 3. The molecule has 1 N–H and O–H groups in total. The van der Waals surface area contributed by atoms with Crippen LogP contribution < -0.4 is 0 Å². The van der Waals surface area contributed by atoms with Crippen LogP contribution in [0.3, 0.4) is 0 Å². The maximum Gasteiger partial charge on any atom is 0.416 e. The van der Waals surface area contributed by atoms with Gasteiger partial charge < -0.3 is 9.67 Å². The molecule has 1 fully saturated rings. The Balaban J connectivity index is 1.82. The van der Waals surface area contributed by atoms with Gasteiger partial charge in [0.2, 0.25) is 0 Å². The molecule has 4 nitrogen and oxygen atoms in total. The Bertz CT molecular complexity index is 1020. The number of hydrogen-bond donors (Lipinski definition) is 1. The van der Waals surface area contributed by atoms with Gasteiger partial charge in [0.15, 0.2) is 0 Å². The van der Waals surface area contributed by atoms with Crippen molar-refractivity contribution in [2.75, 3.05) is 0 Å². The van der Waals surface area contributed by atoms with Crippen LogP contribution in [0, 0.1) is 5.92 Å². The first-order chi connectivity index (χ1) is 13.2. The van der Waals surface area contributed by atoms with Gasteiger partial charge in [-0.25, -0.2) is 0 Å². The van der Waals surface area contributed by atoms with Crippen molar-refractivity contribution in [3.63, 3.8) is 0 Å². The molecule has 1 heterocycles. The standard InChI is InChI=1S/C21H20F3N3O/c1-13-10-20(11-13,19-26-25-12-27(19)2)15-5-3-4-14(8-15)17-9-16(21(22,23)24)6-7-18(17)28/h3-9,12-13,28H,10-11H2,1-2H3. The van der Waals surface area contributed by atoms with Gasteiger partial charge in [0.25, 0.3) is 0 Å². The van der Waals surface area contributed by atoms with Crippen LogP contribution in [0.2, 0.25) is 0 Å². The van der Waals surface area contributed by atoms with Crippen LogP contribution in [0.1, 0.15) is 36.7 Å². The zero-order chi connectivity index (χ0) is 20.1. The topological polar surface area (TPSA) is 50.9 Å². The van der Waals surface area contributed by atoms with Gasteiger partial charge in [0.05, 0.1) is 11.0 Å². The lowest BCUT2D eigenvalue weighted by Gasteiger charge is -2.46. The van der Waals surface area contributed by atoms with Crippen molar-refractivity contribution in [2.45, 2.75) is 31.4 Å². The van der Waals surface area contributed by atoms with Crippen molar-refractivity contribution in [1.29, 1.82) is 0 Å². The van der Waals surface area contributed by atoms with Gasteiger partial charge in [-0.1, -0.05) is 25.1 Å². The summed E-state index contributed by atoms with van der Waals surface area (Å²) in [5, 5.41) is 18.5. The molecule has 28 heavy (non-hydrogen) atoms. The molecule has 1 aromatic heterocycles. The second-order valence-corrected chi connectivity index (χ2v) is 7.67. The molecule has 7 heteroatoms. The lowest BCUT2D eigenvalue weighted by molar-refractivity contribution is -0.137. The molecule has 0 bridgehead atoms. The minimum atomic E-state index is -4.47. The number of aryl methyl sites for hydroxylation is 1. The third-order valence-electron chi connectivity index (χ3n) is 5.58. The predicted octanol–water partition coefficient (Wildman–Crippen LogP) is 4.92. The van der Waals surface area contributed by atoms with Crippen molar-refractivity contribution in [3.8, 4) is 16.9 Å². The Morgan fingerprint density at radius 2 is 1.89 bits per heavy atom. The molecule has 0 radical (unpaired) electrons. The van der Waals surface area contributed by atoms with Crippen molar-refractivity contribution in [3.05, 3.63) is 65.7 Å². The first-order valence-corrected chi connectivity index (χ1v) is 9.06. The number of aromatic hydroxyl groups is 1. The van der Waals surface area contributed by atoms with Crippen LogP contribution in [0.15, 0.2) is 48.8 Å². The minimum absolute atomic E-state index is 0.164. The fraction of sp³-hybridized carbons (Fsp3) is 0.333. The maximum absolute atomic E-state index is 13.1. The zero-order valence-electron chi connectivity index (χ0n) is 15.5. The Hall–Kier alpha value is -2.83. The van der Waals surface area contributed by atoms with Crippen molar-refractivity contribution in [2.24, 2.45) is 13.0 Å². The molecule has 0 amide bonds. The van der Waals surface area contributed by atoms with Gasteiger partial charge >= 0.3 is 6.18 Å². The third-order valence-corrected chi connectivity index (χ3v) is 5.58. The van der Waals surface area contributed by atoms with E-state index in [1.165, 1.54) is 0 Å². The van der Waals surface area contributed by atoms with E-state index in [4.69, 9.17) is 0 Å². The molecule has 0 saturated heterocycles. The highest BCUT2D eigenvalue weighted by Crippen LogP contribution is 2.52. The number of phenols is 1. The summed E-state index contributed by atoms with van der Waals surface area (Å²) in [6.45, 7) is 2.16. The maximum atomic E-state index is 13.1. The minimum Gasteiger partial charge on any atom is -0.507 e. The number of benzene rings is 2. The van der Waals surface area contributed by atoms with Gasteiger partial charge in [0.1, 0.15) is 17.9 Å². The summed E-state index contributed by atoms with van der Waals surface area (Å²) in [7, 11) is 1.89. The molecule has 1 saturated carbocycles. The SMILES string of the molecule is CC1CC(c2cccc(-c3cc(C(F)(F)F)ccc3O)c2)(c2nncn2C)C1. The average molecular weight is 387 g/mol. The molecule has 146 valence electrons. The highest BCUT2D eigenvalue weighted by atomic mass is 19.4. The second kappa shape index (κ2) is 6.36. The van der Waals surface area contributed by atoms with Crippen molar-refractivity contribution < 1.29 is 18.3 Å². The lowest BCUT2D eigenvalue weighted by Crippen LogP contribution is -2.43. The average Bonchev–Trinajstić information content (AvgIpc) is 3.04. The highest BCUT2D eigenvalue weighted by molar-refractivity contribution is 5.72. The van der Waals surface area contributed by atoms with E-state index >= 15 is 0 Å². The van der Waals surface area contributed by atoms with E-state index in [1.54, 1.807) is 12.4 Å². The van der Waals surface area contributed by atoms with Crippen LogP contribution in [0.4, 0.5) is 13.2 Å². The molecular formula is C21H20F3N3O. The smallest absolute Gasteiger partial charge is 0.416 e. The summed E-state index contributed by atoms with van der Waals surface area (Å²) in [5.74, 6) is 1.18. The summed E-state index contributed by atoms with van der Waals surface area (Å²) in [6, 6.07) is 10.3. The van der Waals surface area contributed by atoms with Gasteiger partial charge in [-0.3, -0.25) is 0 Å². The van der Waals surface area contributed by atoms with Crippen LogP contribution in [-0.2, 0) is 18.6 Å². The van der Waals surface area contributed by atoms with Crippen LogP contribution in [-0.4, -0.2) is 19.9 Å². The number of hydrogen-bond acceptors (Lipinski definition) is 3. The summed E-state index contributed by atoms with van der Waals surface area (Å²) in [6.07, 6.45) is -1.04. The zero-order valence-corrected chi connectivity index (χ0v) is 15.5. The summed E-state index contributed by atoms with van der Waals surface area (Å²) < 4.78 is 41.3. The molecule has 3 aromatic rings. The van der Waals surface area contributed by atoms with E-state index in [0.717, 1.165) is 42.4 Å². The van der Waals surface area contributed by atoms with Crippen LogP contribution >= 0.6 is 0 Å². The van der Waals surface area contributed by atoms with E-state index in [1.807, 2.05) is 29.8 Å². The number of rotatable bonds is 3. The van der Waals surface area contributed by atoms with Crippen molar-refractivity contribution >= 4 is 0 Å². The Kier molecular flexibility index (Phi) is 4.21. The first-order valence-electron chi connectivity index (χ1n) is 9.06. The number of phenolic OH excluding ortho intramolecular Hbond substituents is 1. The van der Waals surface area contributed by atoms with Crippen molar-refractivity contribution in [1.82, 2.24) is 14.8 Å². The normalized spacial score (nSPS) is 22.1. The van der Waals surface area contributed by atoms with Crippen LogP contribution in [0.5, 0.6) is 5.75 Å². The van der Waals surface area contributed by atoms with Gasteiger partial charge in [0, 0.05) is 12.6 Å². The molecule has 0 unspecified atom stereocenters. The monoisotopic (exact) mass is 387 g/mol. The molecule has 0 atom stereocenters. The number of alkyl halides is 3. The molecule has 0 spiro atoms. The first kappa shape index (κ1) is 18.5. The lowest BCUT2D eigenvalue weighted by atomic mass is 9.58. The largest absolute Gasteiger partial charge is 0.507 e. The molecule has 2 aromatic carbocycles. The second-order valence-electron chi connectivity index (χ2n) is 7.67. The van der Waals surface area contributed by atoms with Gasteiger partial charge in [-0.05, 0) is 54.2 Å². The fourth-order valence-electron chi connectivity index (χ4n) is 4.32. The van der Waals surface area contributed by atoms with E-state index in [9.17, 15) is 18.3 Å². The molecule has 1 aliphatic carbocycles. The predicted molar refractivity (Wildman–Crippen MR) is 98.7 cm³/mol. The van der Waals surface area contributed by atoms with Gasteiger partial charge in [-0.15, -0.1) is 10.2 Å². The Morgan fingerprint density at radius 3 is 2.50 bits per heavy atom. The van der Waals surface area contributed by atoms with E-state index in [2.05, 4.69) is 17.1 Å². The summed E-state index contributed by atoms with van der Waals surface area (Å²) in [4.78, 5) is 0. The quantitative estimate of drug-likeness (QED) is 0.694. The van der Waals surface area contributed by atoms with E-state index in [-0.39, 0.29) is 16.7 Å². The van der Waals surface area contributed by atoms with Gasteiger partial charge in [-0.2, -0.15) is 13.2 Å². The van der Waals surface area contributed by atoms with Crippen LogP contribution in [0.25, 0.3) is 11.1 Å². The number of aromatic nitrogens is 3. The fourth-order valence-corrected chi connectivity index (χ4v) is 4.32. The molecular weight excluding hydrogens is 367 g/mol. The Morgan fingerprint density at radius 1 is 1.14 bits per heavy atom. The highest BCUT2D eigenvalue weighted by Gasteiger charge is 2.48. The Labute approximate surface area is 160 Å². The molecule has 1 aliphatic rings. The number of nitrogens with zero attached hydrogens (tertiary/aromatic N) is 3.